The average Bonchev–Trinajstić information content (AvgIpc) is 2.91. The lowest BCUT2D eigenvalue weighted by atomic mass is 10.1. The maximum atomic E-state index is 12.4. The standard InChI is InChI=1S/C19H26N2O3/c1-13(2)21(12-14(3)22)18(23)11-10-17-20-15(4)19(24-17)16-8-6-5-7-9-16/h5-9,13-14,22H,10-12H2,1-4H3. The molecule has 0 saturated heterocycles. The Morgan fingerprint density at radius 1 is 1.25 bits per heavy atom. The van der Waals surface area contributed by atoms with E-state index in [-0.39, 0.29) is 11.9 Å². The van der Waals surface area contributed by atoms with Gasteiger partial charge in [0.25, 0.3) is 0 Å². The fraction of sp³-hybridized carbons (Fsp3) is 0.474. The zero-order chi connectivity index (χ0) is 17.7. The van der Waals surface area contributed by atoms with E-state index in [1.165, 1.54) is 0 Å². The summed E-state index contributed by atoms with van der Waals surface area (Å²) in [6.45, 7) is 7.83. The Kier molecular flexibility index (Phi) is 6.15. The number of hydrogen-bond donors (Lipinski definition) is 1. The molecule has 130 valence electrons. The zero-order valence-corrected chi connectivity index (χ0v) is 14.8. The monoisotopic (exact) mass is 330 g/mol. The van der Waals surface area contributed by atoms with E-state index in [0.29, 0.717) is 25.3 Å². The molecule has 2 rings (SSSR count). The number of aromatic nitrogens is 1. The van der Waals surface area contributed by atoms with Crippen molar-refractivity contribution < 1.29 is 14.3 Å². The minimum Gasteiger partial charge on any atom is -0.440 e. The summed E-state index contributed by atoms with van der Waals surface area (Å²) in [5.41, 5.74) is 1.81. The second-order valence-corrected chi connectivity index (χ2v) is 6.38. The minimum absolute atomic E-state index is 0.00279. The molecule has 1 unspecified atom stereocenters. The molecular weight excluding hydrogens is 304 g/mol. The van der Waals surface area contributed by atoms with Gasteiger partial charge in [0.05, 0.1) is 11.8 Å². The summed E-state index contributed by atoms with van der Waals surface area (Å²) >= 11 is 0. The summed E-state index contributed by atoms with van der Waals surface area (Å²) < 4.78 is 5.84. The van der Waals surface area contributed by atoms with Crippen molar-refractivity contribution in [3.63, 3.8) is 0 Å². The first-order valence-electron chi connectivity index (χ1n) is 8.37. The fourth-order valence-corrected chi connectivity index (χ4v) is 2.66. The van der Waals surface area contributed by atoms with Crippen LogP contribution in [0.4, 0.5) is 0 Å². The van der Waals surface area contributed by atoms with E-state index >= 15 is 0 Å². The third-order valence-electron chi connectivity index (χ3n) is 3.83. The van der Waals surface area contributed by atoms with Crippen molar-refractivity contribution in [2.75, 3.05) is 6.54 Å². The normalized spacial score (nSPS) is 12.4. The topological polar surface area (TPSA) is 66.6 Å². The van der Waals surface area contributed by atoms with Gasteiger partial charge in [-0.1, -0.05) is 30.3 Å². The van der Waals surface area contributed by atoms with Gasteiger partial charge in [0.2, 0.25) is 5.91 Å². The fourth-order valence-electron chi connectivity index (χ4n) is 2.66. The molecular formula is C19H26N2O3. The molecule has 1 N–H and O–H groups in total. The van der Waals surface area contributed by atoms with Crippen molar-refractivity contribution in [2.24, 2.45) is 0 Å². The highest BCUT2D eigenvalue weighted by molar-refractivity contribution is 5.76. The first-order chi connectivity index (χ1) is 11.4. The van der Waals surface area contributed by atoms with Gasteiger partial charge in [-0.2, -0.15) is 0 Å². The van der Waals surface area contributed by atoms with Crippen LogP contribution in [0.2, 0.25) is 0 Å². The van der Waals surface area contributed by atoms with Crippen LogP contribution >= 0.6 is 0 Å². The molecule has 2 aromatic rings. The highest BCUT2D eigenvalue weighted by atomic mass is 16.4. The number of aliphatic hydroxyl groups excluding tert-OH is 1. The van der Waals surface area contributed by atoms with E-state index < -0.39 is 6.10 Å². The molecule has 0 aliphatic carbocycles. The molecule has 1 aromatic carbocycles. The number of aryl methyl sites for hydroxylation is 2. The Hall–Kier alpha value is -2.14. The Morgan fingerprint density at radius 2 is 1.92 bits per heavy atom. The summed E-state index contributed by atoms with van der Waals surface area (Å²) in [5, 5.41) is 9.55. The summed E-state index contributed by atoms with van der Waals surface area (Å²) in [6, 6.07) is 9.88. The number of aliphatic hydroxyl groups is 1. The third-order valence-corrected chi connectivity index (χ3v) is 3.83. The molecule has 0 aliphatic heterocycles. The van der Waals surface area contributed by atoms with Crippen molar-refractivity contribution in [1.29, 1.82) is 0 Å². The number of rotatable bonds is 7. The molecule has 0 spiro atoms. The summed E-state index contributed by atoms with van der Waals surface area (Å²) in [7, 11) is 0. The molecule has 0 bridgehead atoms. The molecule has 24 heavy (non-hydrogen) atoms. The third kappa shape index (κ3) is 4.68. The highest BCUT2D eigenvalue weighted by Crippen LogP contribution is 2.24. The number of carbonyl (C=O) groups is 1. The predicted molar refractivity (Wildman–Crippen MR) is 93.5 cm³/mol. The first-order valence-corrected chi connectivity index (χ1v) is 8.37. The van der Waals surface area contributed by atoms with Crippen LogP contribution in [-0.2, 0) is 11.2 Å². The van der Waals surface area contributed by atoms with Crippen LogP contribution in [0.15, 0.2) is 34.7 Å². The Bertz CT molecular complexity index is 663. The van der Waals surface area contributed by atoms with Gasteiger partial charge in [-0.3, -0.25) is 4.79 Å². The molecule has 0 aliphatic rings. The number of oxazole rings is 1. The lowest BCUT2D eigenvalue weighted by molar-refractivity contribution is -0.134. The van der Waals surface area contributed by atoms with Gasteiger partial charge in [0.1, 0.15) is 0 Å². The molecule has 5 heteroatoms. The van der Waals surface area contributed by atoms with Crippen molar-refractivity contribution in [3.8, 4) is 11.3 Å². The Morgan fingerprint density at radius 3 is 2.50 bits per heavy atom. The van der Waals surface area contributed by atoms with Gasteiger partial charge >= 0.3 is 0 Å². The van der Waals surface area contributed by atoms with Crippen LogP contribution in [0, 0.1) is 6.92 Å². The molecule has 5 nitrogen and oxygen atoms in total. The number of hydrogen-bond acceptors (Lipinski definition) is 4. The predicted octanol–water partition coefficient (Wildman–Crippen LogP) is 3.20. The van der Waals surface area contributed by atoms with Crippen molar-refractivity contribution in [2.45, 2.75) is 52.7 Å². The van der Waals surface area contributed by atoms with Gasteiger partial charge in [-0.25, -0.2) is 4.98 Å². The molecule has 1 aromatic heterocycles. The number of amides is 1. The first kappa shape index (κ1) is 18.2. The van der Waals surface area contributed by atoms with Gasteiger partial charge in [0, 0.05) is 31.0 Å². The van der Waals surface area contributed by atoms with Gasteiger partial charge in [-0.05, 0) is 27.7 Å². The second-order valence-electron chi connectivity index (χ2n) is 6.38. The quantitative estimate of drug-likeness (QED) is 0.846. The van der Waals surface area contributed by atoms with E-state index in [0.717, 1.165) is 17.0 Å². The van der Waals surface area contributed by atoms with Crippen molar-refractivity contribution in [3.05, 3.63) is 41.9 Å². The van der Waals surface area contributed by atoms with Crippen LogP contribution in [0.25, 0.3) is 11.3 Å². The van der Waals surface area contributed by atoms with Gasteiger partial charge in [-0.15, -0.1) is 0 Å². The second kappa shape index (κ2) is 8.11. The van der Waals surface area contributed by atoms with Crippen LogP contribution < -0.4 is 0 Å². The average molecular weight is 330 g/mol. The van der Waals surface area contributed by atoms with Crippen molar-refractivity contribution in [1.82, 2.24) is 9.88 Å². The molecule has 1 heterocycles. The number of benzene rings is 1. The number of nitrogens with zero attached hydrogens (tertiary/aromatic N) is 2. The Balaban J connectivity index is 2.03. The van der Waals surface area contributed by atoms with Crippen molar-refractivity contribution >= 4 is 5.91 Å². The lowest BCUT2D eigenvalue weighted by Crippen LogP contribution is -2.41. The van der Waals surface area contributed by atoms with Crippen LogP contribution in [0.3, 0.4) is 0 Å². The Labute approximate surface area is 143 Å². The van der Waals surface area contributed by atoms with Crippen LogP contribution in [0.5, 0.6) is 0 Å². The molecule has 1 atom stereocenters. The summed E-state index contributed by atoms with van der Waals surface area (Å²) in [4.78, 5) is 18.5. The van der Waals surface area contributed by atoms with Crippen LogP contribution in [0.1, 0.15) is 38.8 Å². The highest BCUT2D eigenvalue weighted by Gasteiger charge is 2.20. The van der Waals surface area contributed by atoms with E-state index in [2.05, 4.69) is 4.98 Å². The van der Waals surface area contributed by atoms with E-state index in [4.69, 9.17) is 4.42 Å². The molecule has 0 radical (unpaired) electrons. The maximum Gasteiger partial charge on any atom is 0.223 e. The molecule has 0 saturated carbocycles. The van der Waals surface area contributed by atoms with Gasteiger partial charge < -0.3 is 14.4 Å². The summed E-state index contributed by atoms with van der Waals surface area (Å²) in [6.07, 6.45) is 0.235. The summed E-state index contributed by atoms with van der Waals surface area (Å²) in [5.74, 6) is 1.33. The molecule has 1 amide bonds. The van der Waals surface area contributed by atoms with E-state index in [1.807, 2.05) is 51.1 Å². The zero-order valence-electron chi connectivity index (χ0n) is 14.8. The largest absolute Gasteiger partial charge is 0.440 e. The SMILES string of the molecule is Cc1nc(CCC(=O)N(CC(C)O)C(C)C)oc1-c1ccccc1. The minimum atomic E-state index is -0.537. The number of carbonyl (C=O) groups excluding carboxylic acids is 1. The lowest BCUT2D eigenvalue weighted by Gasteiger charge is -2.27. The van der Waals surface area contributed by atoms with E-state index in [9.17, 15) is 9.90 Å². The maximum absolute atomic E-state index is 12.4. The van der Waals surface area contributed by atoms with Crippen LogP contribution in [-0.4, -0.2) is 39.6 Å². The smallest absolute Gasteiger partial charge is 0.223 e. The van der Waals surface area contributed by atoms with E-state index in [1.54, 1.807) is 11.8 Å². The van der Waals surface area contributed by atoms with Gasteiger partial charge in [0.15, 0.2) is 11.7 Å². The molecule has 0 fully saturated rings.